The first-order valence-electron chi connectivity index (χ1n) is 23.3. The van der Waals surface area contributed by atoms with Gasteiger partial charge < -0.3 is 8.98 Å². The lowest BCUT2D eigenvalue weighted by atomic mass is 10.0. The molecular weight excluding hydrogens is 857 g/mol. The molecule has 0 atom stereocenters. The Balaban J connectivity index is 0.971. The van der Waals surface area contributed by atoms with E-state index in [4.69, 9.17) is 19.4 Å². The van der Waals surface area contributed by atoms with Crippen molar-refractivity contribution in [3.63, 3.8) is 0 Å². The second-order valence-electron chi connectivity index (χ2n) is 17.5. The van der Waals surface area contributed by atoms with Crippen LogP contribution in [-0.2, 0) is 0 Å². The summed E-state index contributed by atoms with van der Waals surface area (Å²) in [5.41, 5.74) is 9.95. The van der Waals surface area contributed by atoms with E-state index in [1.54, 1.807) is 0 Å². The number of hydrogen-bond acceptors (Lipinski definition) is 4. The monoisotopic (exact) mass is 898 g/mol. The molecule has 0 saturated heterocycles. The third kappa shape index (κ3) is 6.80. The van der Waals surface area contributed by atoms with Crippen molar-refractivity contribution in [2.24, 2.45) is 0 Å². The molecule has 0 amide bonds. The molecule has 0 bridgehead atoms. The Morgan fingerprint density at radius 3 is 1.33 bits per heavy atom. The summed E-state index contributed by atoms with van der Waals surface area (Å²) in [6.07, 6.45) is 0. The molecule has 3 aromatic heterocycles. The van der Waals surface area contributed by atoms with Gasteiger partial charge in [0.15, 0.2) is 25.5 Å². The summed E-state index contributed by atoms with van der Waals surface area (Å²) in [6.45, 7) is 0. The normalized spacial score (nSPS) is 11.8. The Bertz CT molecular complexity index is 3850. The Kier molecular flexibility index (Phi) is 9.77. The Labute approximate surface area is 400 Å². The van der Waals surface area contributed by atoms with Crippen LogP contribution >= 0.6 is 0 Å². The molecule has 5 nitrogen and oxygen atoms in total. The van der Waals surface area contributed by atoms with Crippen LogP contribution in [0.25, 0.3) is 94.7 Å². The topological polar surface area (TPSA) is 56.7 Å². The predicted octanol–water partition coefficient (Wildman–Crippen LogP) is 12.9. The Morgan fingerprint density at radius 2 is 0.754 bits per heavy atom. The average Bonchev–Trinajstić information content (AvgIpc) is 3.98. The third-order valence-corrected chi connectivity index (χ3v) is 18.4. The standard InChI is InChI=1S/C63H42N4OSi/c1-4-19-48(20-5-1)69(49-21-6-2-7-22-49,50-23-8-3-9-24-50)51-25-16-18-46(42-51)63-65-61(44-36-34-43(35-37-44)52-29-17-30-56-55-28-12-15-33-59(55)68-60(52)56)64-62(66-63)45-38-40-47(41-39-45)67-57-31-13-10-26-53(57)54-27-11-14-32-58(54)67/h1-42H. The molecule has 13 aromatic rings. The smallest absolute Gasteiger partial charge is 0.179 e. The van der Waals surface area contributed by atoms with Crippen LogP contribution in [0.2, 0.25) is 0 Å². The fourth-order valence-corrected chi connectivity index (χ4v) is 15.2. The SMILES string of the molecule is c1ccc([Si](c2ccccc2)(c2ccccc2)c2cccc(-c3nc(-c4ccc(-c5cccc6c5oc5ccccc56)cc4)nc(-c4ccc(-n5c6ccccc6c6ccccc65)cc4)n3)c2)cc1. The number of hydrogen-bond donors (Lipinski definition) is 0. The van der Waals surface area contributed by atoms with Crippen molar-refractivity contribution in [1.82, 2.24) is 19.5 Å². The molecule has 6 heteroatoms. The van der Waals surface area contributed by atoms with E-state index in [9.17, 15) is 0 Å². The molecule has 69 heavy (non-hydrogen) atoms. The molecule has 324 valence electrons. The lowest BCUT2D eigenvalue weighted by Gasteiger charge is -2.34. The zero-order chi connectivity index (χ0) is 45.7. The highest BCUT2D eigenvalue weighted by Crippen LogP contribution is 2.37. The second kappa shape index (κ2) is 16.7. The second-order valence-corrected chi connectivity index (χ2v) is 21.3. The van der Waals surface area contributed by atoms with E-state index in [0.717, 1.165) is 66.5 Å². The molecule has 0 saturated carbocycles. The molecule has 0 N–H and O–H groups in total. The Hall–Kier alpha value is -8.97. The van der Waals surface area contributed by atoms with E-state index in [2.05, 4.69) is 247 Å². The minimum Gasteiger partial charge on any atom is -0.455 e. The summed E-state index contributed by atoms with van der Waals surface area (Å²) in [4.78, 5) is 15.9. The van der Waals surface area contributed by atoms with E-state index in [0.29, 0.717) is 17.5 Å². The number of para-hydroxylation sites is 4. The van der Waals surface area contributed by atoms with Crippen LogP contribution in [0.15, 0.2) is 259 Å². The zero-order valence-electron chi connectivity index (χ0n) is 37.4. The first-order chi connectivity index (χ1) is 34.2. The number of nitrogens with zero attached hydrogens (tertiary/aromatic N) is 4. The summed E-state index contributed by atoms with van der Waals surface area (Å²) in [7, 11) is -2.84. The summed E-state index contributed by atoms with van der Waals surface area (Å²) >= 11 is 0. The maximum atomic E-state index is 6.44. The molecule has 0 spiro atoms. The lowest BCUT2D eigenvalue weighted by Crippen LogP contribution is -2.74. The minimum atomic E-state index is -2.84. The molecule has 10 aromatic carbocycles. The lowest BCUT2D eigenvalue weighted by molar-refractivity contribution is 0.670. The van der Waals surface area contributed by atoms with Crippen molar-refractivity contribution >= 4 is 72.6 Å². The van der Waals surface area contributed by atoms with Gasteiger partial charge in [0, 0.05) is 49.5 Å². The number of benzene rings is 10. The van der Waals surface area contributed by atoms with Crippen LogP contribution in [0.3, 0.4) is 0 Å². The van der Waals surface area contributed by atoms with E-state index in [1.807, 2.05) is 12.1 Å². The van der Waals surface area contributed by atoms with Gasteiger partial charge in [-0.05, 0) is 68.8 Å². The van der Waals surface area contributed by atoms with E-state index in [-0.39, 0.29) is 0 Å². The van der Waals surface area contributed by atoms with Crippen molar-refractivity contribution in [2.45, 2.75) is 0 Å². The molecule has 0 radical (unpaired) electrons. The molecule has 3 heterocycles. The van der Waals surface area contributed by atoms with Crippen LogP contribution in [0.4, 0.5) is 0 Å². The van der Waals surface area contributed by atoms with Gasteiger partial charge in [-0.1, -0.05) is 212 Å². The predicted molar refractivity (Wildman–Crippen MR) is 287 cm³/mol. The first-order valence-corrected chi connectivity index (χ1v) is 25.3. The van der Waals surface area contributed by atoms with Gasteiger partial charge in [-0.3, -0.25) is 0 Å². The largest absolute Gasteiger partial charge is 0.455 e. The molecule has 13 rings (SSSR count). The quantitative estimate of drug-likeness (QED) is 0.107. The van der Waals surface area contributed by atoms with Gasteiger partial charge in [-0.15, -0.1) is 0 Å². The molecule has 0 fully saturated rings. The van der Waals surface area contributed by atoms with Crippen molar-refractivity contribution in [3.05, 3.63) is 255 Å². The summed E-state index contributed by atoms with van der Waals surface area (Å²) in [5.74, 6) is 1.80. The van der Waals surface area contributed by atoms with Crippen molar-refractivity contribution < 1.29 is 4.42 Å². The van der Waals surface area contributed by atoms with Crippen molar-refractivity contribution in [1.29, 1.82) is 0 Å². The average molecular weight is 899 g/mol. The van der Waals surface area contributed by atoms with Crippen molar-refractivity contribution in [3.8, 4) is 51.0 Å². The molecule has 0 aliphatic rings. The Morgan fingerprint density at radius 1 is 0.319 bits per heavy atom. The van der Waals surface area contributed by atoms with Crippen LogP contribution in [0, 0.1) is 0 Å². The fourth-order valence-electron chi connectivity index (χ4n) is 10.5. The van der Waals surface area contributed by atoms with Gasteiger partial charge >= 0.3 is 0 Å². The molecule has 0 unspecified atom stereocenters. The zero-order valence-corrected chi connectivity index (χ0v) is 38.4. The van der Waals surface area contributed by atoms with E-state index >= 15 is 0 Å². The fraction of sp³-hybridized carbons (Fsp3) is 0. The minimum absolute atomic E-state index is 0.595. The van der Waals surface area contributed by atoms with E-state index < -0.39 is 8.07 Å². The highest BCUT2D eigenvalue weighted by Gasteiger charge is 2.41. The summed E-state index contributed by atoms with van der Waals surface area (Å²) in [6, 6.07) is 90.8. The van der Waals surface area contributed by atoms with Gasteiger partial charge in [0.1, 0.15) is 11.2 Å². The van der Waals surface area contributed by atoms with E-state index in [1.165, 1.54) is 31.5 Å². The summed E-state index contributed by atoms with van der Waals surface area (Å²) < 4.78 is 8.78. The van der Waals surface area contributed by atoms with Gasteiger partial charge in [0.2, 0.25) is 0 Å². The van der Waals surface area contributed by atoms with Gasteiger partial charge in [0.05, 0.1) is 11.0 Å². The maximum Gasteiger partial charge on any atom is 0.179 e. The maximum absolute atomic E-state index is 6.44. The number of furan rings is 1. The molecule has 0 aliphatic carbocycles. The van der Waals surface area contributed by atoms with Gasteiger partial charge in [-0.2, -0.15) is 0 Å². The first kappa shape index (κ1) is 40.3. The summed E-state index contributed by atoms with van der Waals surface area (Å²) in [5, 5.41) is 9.82. The number of aromatic nitrogens is 4. The molecule has 0 aliphatic heterocycles. The van der Waals surface area contributed by atoms with Gasteiger partial charge in [-0.25, -0.2) is 15.0 Å². The van der Waals surface area contributed by atoms with Crippen LogP contribution in [0.5, 0.6) is 0 Å². The number of rotatable bonds is 9. The highest BCUT2D eigenvalue weighted by molar-refractivity contribution is 7.19. The third-order valence-electron chi connectivity index (χ3n) is 13.6. The van der Waals surface area contributed by atoms with Gasteiger partial charge in [0.25, 0.3) is 0 Å². The highest BCUT2D eigenvalue weighted by atomic mass is 28.3. The van der Waals surface area contributed by atoms with Crippen LogP contribution < -0.4 is 20.7 Å². The van der Waals surface area contributed by atoms with Crippen LogP contribution in [0.1, 0.15) is 0 Å². The molecular formula is C63H42N4OSi. The van der Waals surface area contributed by atoms with Crippen LogP contribution in [-0.4, -0.2) is 27.6 Å². The van der Waals surface area contributed by atoms with Crippen molar-refractivity contribution in [2.75, 3.05) is 0 Å². The number of fused-ring (bicyclic) bond motifs is 6.